The van der Waals surface area contributed by atoms with Crippen LogP contribution in [0.2, 0.25) is 5.15 Å². The molecule has 5 aromatic rings. The second kappa shape index (κ2) is 9.91. The van der Waals surface area contributed by atoms with Gasteiger partial charge in [0.2, 0.25) is 0 Å². The summed E-state index contributed by atoms with van der Waals surface area (Å²) in [6.07, 6.45) is 2.79. The van der Waals surface area contributed by atoms with Gasteiger partial charge in [-0.25, -0.2) is 19.3 Å². The number of halogens is 2. The van der Waals surface area contributed by atoms with Crippen LogP contribution < -0.4 is 15.8 Å². The number of amides is 1. The summed E-state index contributed by atoms with van der Waals surface area (Å²) in [5.41, 5.74) is 10.6. The molecule has 0 fully saturated rings. The molecule has 0 unspecified atom stereocenters. The van der Waals surface area contributed by atoms with E-state index in [1.807, 2.05) is 23.7 Å². The van der Waals surface area contributed by atoms with Crippen molar-refractivity contribution in [1.82, 2.24) is 24.5 Å². The molecule has 9 nitrogen and oxygen atoms in total. The highest BCUT2D eigenvalue weighted by Crippen LogP contribution is 2.42. The van der Waals surface area contributed by atoms with Crippen molar-refractivity contribution in [3.8, 4) is 34.1 Å². The van der Waals surface area contributed by atoms with E-state index in [1.165, 1.54) is 30.7 Å². The Balaban J connectivity index is 1.61. The molecule has 38 heavy (non-hydrogen) atoms. The molecule has 0 saturated heterocycles. The molecule has 5 rings (SSSR count). The van der Waals surface area contributed by atoms with Crippen LogP contribution in [-0.2, 0) is 11.8 Å². The quantitative estimate of drug-likeness (QED) is 0.211. The van der Waals surface area contributed by atoms with Crippen LogP contribution in [0, 0.1) is 5.82 Å². The van der Waals surface area contributed by atoms with E-state index in [0.717, 1.165) is 11.3 Å². The Kier molecular flexibility index (Phi) is 6.48. The lowest BCUT2D eigenvalue weighted by atomic mass is 9.98. The highest BCUT2D eigenvalue weighted by molar-refractivity contribution is 6.29. The van der Waals surface area contributed by atoms with Gasteiger partial charge < -0.3 is 20.4 Å². The minimum atomic E-state index is -0.637. The van der Waals surface area contributed by atoms with Gasteiger partial charge in [0.25, 0.3) is 5.91 Å². The van der Waals surface area contributed by atoms with Crippen LogP contribution in [0.1, 0.15) is 6.92 Å². The smallest absolute Gasteiger partial charge is 0.323 e. The number of ether oxygens (including phenoxy) is 1. The van der Waals surface area contributed by atoms with Gasteiger partial charge in [0.1, 0.15) is 22.9 Å². The summed E-state index contributed by atoms with van der Waals surface area (Å²) in [6.45, 7) is 5.29. The average Bonchev–Trinajstić information content (AvgIpc) is 3.19. The fourth-order valence-electron chi connectivity index (χ4n) is 4.05. The maximum absolute atomic E-state index is 15.3. The van der Waals surface area contributed by atoms with E-state index in [4.69, 9.17) is 22.1 Å². The SMILES string of the molecule is C=C(C)C(=O)Nc1ccc(-c2c(-c3ccc(Oc4nccc(Cl)n4)c(F)c3)c3c(N)ncnc3n2C)cc1. The molecule has 3 N–H and O–H groups in total. The van der Waals surface area contributed by atoms with Crippen LogP contribution in [0.5, 0.6) is 11.8 Å². The van der Waals surface area contributed by atoms with Gasteiger partial charge >= 0.3 is 6.01 Å². The van der Waals surface area contributed by atoms with Gasteiger partial charge in [0.15, 0.2) is 11.6 Å². The van der Waals surface area contributed by atoms with Crippen LogP contribution in [-0.4, -0.2) is 30.4 Å². The lowest BCUT2D eigenvalue weighted by Gasteiger charge is -2.12. The first-order chi connectivity index (χ1) is 18.2. The van der Waals surface area contributed by atoms with Gasteiger partial charge in [0.05, 0.1) is 11.1 Å². The van der Waals surface area contributed by atoms with Crippen LogP contribution in [0.3, 0.4) is 0 Å². The third-order valence-corrected chi connectivity index (χ3v) is 6.03. The van der Waals surface area contributed by atoms with Crippen molar-refractivity contribution in [1.29, 1.82) is 0 Å². The van der Waals surface area contributed by atoms with Gasteiger partial charge in [-0.2, -0.15) is 4.98 Å². The Hall–Kier alpha value is -4.83. The number of nitrogen functional groups attached to an aromatic ring is 1. The van der Waals surface area contributed by atoms with Gasteiger partial charge in [-0.3, -0.25) is 4.79 Å². The Bertz CT molecular complexity index is 1720. The molecule has 0 aliphatic heterocycles. The molecular weight excluding hydrogens is 509 g/mol. The highest BCUT2D eigenvalue weighted by Gasteiger charge is 2.23. The van der Waals surface area contributed by atoms with E-state index in [-0.39, 0.29) is 28.6 Å². The number of benzene rings is 2. The topological polar surface area (TPSA) is 121 Å². The number of aromatic nitrogens is 5. The van der Waals surface area contributed by atoms with Gasteiger partial charge in [-0.15, -0.1) is 0 Å². The van der Waals surface area contributed by atoms with Crippen molar-refractivity contribution in [3.63, 3.8) is 0 Å². The third kappa shape index (κ3) is 4.64. The number of carbonyl (C=O) groups is 1. The summed E-state index contributed by atoms with van der Waals surface area (Å²) < 4.78 is 22.6. The molecule has 0 radical (unpaired) electrons. The summed E-state index contributed by atoms with van der Waals surface area (Å²) in [4.78, 5) is 28.5. The first kappa shape index (κ1) is 24.8. The van der Waals surface area contributed by atoms with E-state index < -0.39 is 5.82 Å². The molecule has 3 heterocycles. The summed E-state index contributed by atoms with van der Waals surface area (Å²) in [6, 6.07) is 13.2. The lowest BCUT2D eigenvalue weighted by Crippen LogP contribution is -2.11. The van der Waals surface area contributed by atoms with Crippen molar-refractivity contribution < 1.29 is 13.9 Å². The van der Waals surface area contributed by atoms with E-state index in [2.05, 4.69) is 31.8 Å². The number of aryl methyl sites for hydroxylation is 1. The zero-order chi connectivity index (χ0) is 27.0. The molecule has 1 amide bonds. The molecule has 3 aromatic heterocycles. The normalized spacial score (nSPS) is 10.9. The first-order valence-corrected chi connectivity index (χ1v) is 11.7. The van der Waals surface area contributed by atoms with Crippen LogP contribution in [0.25, 0.3) is 33.4 Å². The van der Waals surface area contributed by atoms with Gasteiger partial charge in [-0.1, -0.05) is 36.4 Å². The minimum Gasteiger partial charge on any atom is -0.421 e. The number of nitrogens with one attached hydrogen (secondary N) is 1. The molecule has 0 atom stereocenters. The maximum Gasteiger partial charge on any atom is 0.323 e. The molecule has 0 aliphatic rings. The summed E-state index contributed by atoms with van der Waals surface area (Å²) in [5, 5.41) is 3.54. The van der Waals surface area contributed by atoms with Crippen molar-refractivity contribution in [2.45, 2.75) is 6.92 Å². The standard InChI is InChI=1S/C27H21ClFN7O2/c1-14(2)26(37)34-17-7-4-15(5-8-17)23-21(22-24(30)32-13-33-25(22)36(23)3)16-6-9-19(18(29)12-16)38-27-31-11-10-20(28)35-27/h4-13H,1H2,2-3H3,(H,34,37)(H2,30,32,33). The maximum atomic E-state index is 15.3. The largest absolute Gasteiger partial charge is 0.421 e. The van der Waals surface area contributed by atoms with E-state index in [1.54, 1.807) is 25.1 Å². The number of rotatable bonds is 6. The van der Waals surface area contributed by atoms with E-state index in [9.17, 15) is 4.79 Å². The number of hydrogen-bond acceptors (Lipinski definition) is 7. The molecule has 0 aliphatic carbocycles. The fourth-order valence-corrected chi connectivity index (χ4v) is 4.18. The van der Waals surface area contributed by atoms with Crippen LogP contribution >= 0.6 is 11.6 Å². The Labute approximate surface area is 221 Å². The van der Waals surface area contributed by atoms with Crippen molar-refractivity contribution in [3.05, 3.63) is 84.2 Å². The van der Waals surface area contributed by atoms with Gasteiger partial charge in [0, 0.05) is 30.1 Å². The molecule has 0 spiro atoms. The molecular formula is C27H21ClFN7O2. The third-order valence-electron chi connectivity index (χ3n) is 5.82. The molecule has 11 heteroatoms. The second-order valence-corrected chi connectivity index (χ2v) is 8.85. The number of hydrogen-bond donors (Lipinski definition) is 2. The number of nitrogens with zero attached hydrogens (tertiary/aromatic N) is 5. The predicted molar refractivity (Wildman–Crippen MR) is 144 cm³/mol. The number of nitrogens with two attached hydrogens (primary N) is 1. The zero-order valence-corrected chi connectivity index (χ0v) is 21.1. The number of carbonyl (C=O) groups excluding carboxylic acids is 1. The molecule has 190 valence electrons. The van der Waals surface area contributed by atoms with E-state index >= 15 is 4.39 Å². The number of fused-ring (bicyclic) bond motifs is 1. The zero-order valence-electron chi connectivity index (χ0n) is 20.4. The lowest BCUT2D eigenvalue weighted by molar-refractivity contribution is -0.112. The Morgan fingerprint density at radius 1 is 1.11 bits per heavy atom. The summed E-state index contributed by atoms with van der Waals surface area (Å²) >= 11 is 5.88. The van der Waals surface area contributed by atoms with Crippen LogP contribution in [0.4, 0.5) is 15.9 Å². The van der Waals surface area contributed by atoms with Crippen molar-refractivity contribution in [2.24, 2.45) is 7.05 Å². The van der Waals surface area contributed by atoms with Crippen LogP contribution in [0.15, 0.2) is 73.2 Å². The minimum absolute atomic E-state index is 0.0698. The summed E-state index contributed by atoms with van der Waals surface area (Å²) in [7, 11) is 1.84. The van der Waals surface area contributed by atoms with E-state index in [0.29, 0.717) is 33.4 Å². The molecule has 2 aromatic carbocycles. The van der Waals surface area contributed by atoms with Crippen molar-refractivity contribution >= 4 is 40.0 Å². The second-order valence-electron chi connectivity index (χ2n) is 8.46. The average molecular weight is 530 g/mol. The summed E-state index contributed by atoms with van der Waals surface area (Å²) in [5.74, 6) is -0.723. The first-order valence-electron chi connectivity index (χ1n) is 11.4. The van der Waals surface area contributed by atoms with Crippen molar-refractivity contribution in [2.75, 3.05) is 11.1 Å². The highest BCUT2D eigenvalue weighted by atomic mass is 35.5. The molecule has 0 saturated carbocycles. The number of anilines is 2. The van der Waals surface area contributed by atoms with Gasteiger partial charge in [-0.05, 0) is 48.4 Å². The fraction of sp³-hybridized carbons (Fsp3) is 0.0741. The molecule has 0 bridgehead atoms. The Morgan fingerprint density at radius 3 is 2.53 bits per heavy atom. The Morgan fingerprint density at radius 2 is 1.84 bits per heavy atom. The predicted octanol–water partition coefficient (Wildman–Crippen LogP) is 5.77. The monoisotopic (exact) mass is 529 g/mol.